The lowest BCUT2D eigenvalue weighted by Crippen LogP contribution is -2.12. The number of nitrogens with one attached hydrogen (secondary N) is 2. The fourth-order valence-corrected chi connectivity index (χ4v) is 2.74. The van der Waals surface area contributed by atoms with Gasteiger partial charge in [-0.3, -0.25) is 4.79 Å². The highest BCUT2D eigenvalue weighted by molar-refractivity contribution is 7.14. The summed E-state index contributed by atoms with van der Waals surface area (Å²) in [6.45, 7) is 3.74. The van der Waals surface area contributed by atoms with Crippen molar-refractivity contribution in [3.63, 3.8) is 0 Å². The summed E-state index contributed by atoms with van der Waals surface area (Å²) in [7, 11) is 0. The molecule has 3 aromatic rings. The first-order valence-corrected chi connectivity index (χ1v) is 7.89. The molecule has 2 N–H and O–H groups in total. The van der Waals surface area contributed by atoms with Crippen LogP contribution in [0.4, 0.5) is 16.6 Å². The molecule has 0 unspecified atom stereocenters. The zero-order valence-electron chi connectivity index (χ0n) is 12.7. The summed E-state index contributed by atoms with van der Waals surface area (Å²) >= 11 is 1.35. The van der Waals surface area contributed by atoms with E-state index in [4.69, 9.17) is 0 Å². The van der Waals surface area contributed by atoms with E-state index in [1.165, 1.54) is 11.3 Å². The number of anilines is 3. The average molecular weight is 325 g/mol. The third-order valence-corrected chi connectivity index (χ3v) is 3.73. The molecule has 0 aliphatic rings. The van der Waals surface area contributed by atoms with E-state index < -0.39 is 0 Å². The topological polar surface area (TPSA) is 79.8 Å². The van der Waals surface area contributed by atoms with Crippen LogP contribution in [0.2, 0.25) is 0 Å². The molecule has 1 amide bonds. The maximum absolute atomic E-state index is 12.2. The van der Waals surface area contributed by atoms with E-state index >= 15 is 0 Å². The van der Waals surface area contributed by atoms with Gasteiger partial charge >= 0.3 is 0 Å². The second kappa shape index (κ2) is 6.53. The summed E-state index contributed by atoms with van der Waals surface area (Å²) in [6.07, 6.45) is 0. The Morgan fingerprint density at radius 2 is 1.87 bits per heavy atom. The monoisotopic (exact) mass is 325 g/mol. The van der Waals surface area contributed by atoms with Crippen LogP contribution < -0.4 is 10.6 Å². The number of para-hydroxylation sites is 1. The fourth-order valence-electron chi connectivity index (χ4n) is 2.04. The number of amides is 1. The minimum Gasteiger partial charge on any atom is -0.321 e. The number of rotatable bonds is 4. The van der Waals surface area contributed by atoms with E-state index in [0.717, 1.165) is 11.4 Å². The molecule has 0 bridgehead atoms. The molecule has 0 spiro atoms. The summed E-state index contributed by atoms with van der Waals surface area (Å²) < 4.78 is 0. The number of aryl methyl sites for hydroxylation is 2. The van der Waals surface area contributed by atoms with Gasteiger partial charge in [0.1, 0.15) is 17.3 Å². The lowest BCUT2D eigenvalue weighted by molar-refractivity contribution is 0.102. The van der Waals surface area contributed by atoms with Crippen LogP contribution in [0.25, 0.3) is 0 Å². The molecule has 0 atom stereocenters. The van der Waals surface area contributed by atoms with Gasteiger partial charge < -0.3 is 10.6 Å². The van der Waals surface area contributed by atoms with Crippen molar-refractivity contribution in [1.82, 2.24) is 15.0 Å². The molecule has 7 heteroatoms. The molecular formula is C16H15N5OS. The number of hydrogen-bond acceptors (Lipinski definition) is 6. The predicted molar refractivity (Wildman–Crippen MR) is 91.3 cm³/mol. The molecule has 0 fully saturated rings. The Morgan fingerprint density at radius 1 is 1.09 bits per heavy atom. The first kappa shape index (κ1) is 15.1. The van der Waals surface area contributed by atoms with Crippen LogP contribution in [0.1, 0.15) is 22.0 Å². The number of hydrogen-bond donors (Lipinski definition) is 2. The molecule has 0 aliphatic heterocycles. The van der Waals surface area contributed by atoms with E-state index in [9.17, 15) is 4.79 Å². The number of carbonyl (C=O) groups is 1. The minimum absolute atomic E-state index is 0.240. The van der Waals surface area contributed by atoms with Crippen molar-refractivity contribution in [2.24, 2.45) is 0 Å². The molecule has 0 radical (unpaired) electrons. The second-order valence-corrected chi connectivity index (χ2v) is 5.78. The third kappa shape index (κ3) is 3.89. The van der Waals surface area contributed by atoms with Gasteiger partial charge in [-0.25, -0.2) is 15.0 Å². The van der Waals surface area contributed by atoms with Crippen LogP contribution in [0.15, 0.2) is 41.8 Å². The third-order valence-electron chi connectivity index (χ3n) is 2.97. The number of nitrogens with zero attached hydrogens (tertiary/aromatic N) is 3. The van der Waals surface area contributed by atoms with Gasteiger partial charge in [0.25, 0.3) is 5.91 Å². The smallest absolute Gasteiger partial charge is 0.275 e. The van der Waals surface area contributed by atoms with Crippen molar-refractivity contribution in [2.45, 2.75) is 13.8 Å². The van der Waals surface area contributed by atoms with Gasteiger partial charge in [0, 0.05) is 22.8 Å². The molecule has 2 aromatic heterocycles. The molecule has 1 aromatic carbocycles. The molecule has 23 heavy (non-hydrogen) atoms. The summed E-state index contributed by atoms with van der Waals surface area (Å²) in [4.78, 5) is 25.0. The van der Waals surface area contributed by atoms with Gasteiger partial charge in [0.05, 0.1) is 0 Å². The van der Waals surface area contributed by atoms with Gasteiger partial charge in [-0.1, -0.05) is 18.2 Å². The highest BCUT2D eigenvalue weighted by Crippen LogP contribution is 2.21. The Morgan fingerprint density at radius 3 is 2.61 bits per heavy atom. The summed E-state index contributed by atoms with van der Waals surface area (Å²) in [5.74, 6) is 1.11. The van der Waals surface area contributed by atoms with Crippen molar-refractivity contribution in [3.8, 4) is 0 Å². The van der Waals surface area contributed by atoms with Crippen molar-refractivity contribution >= 4 is 33.9 Å². The van der Waals surface area contributed by atoms with Crippen LogP contribution in [-0.4, -0.2) is 20.9 Å². The van der Waals surface area contributed by atoms with Crippen LogP contribution >= 0.6 is 11.3 Å². The quantitative estimate of drug-likeness (QED) is 0.767. The molecule has 0 saturated heterocycles. The van der Waals surface area contributed by atoms with Crippen molar-refractivity contribution in [2.75, 3.05) is 10.6 Å². The number of carbonyl (C=O) groups excluding carboxylic acids is 1. The predicted octanol–water partition coefficient (Wildman–Crippen LogP) is 3.55. The zero-order valence-corrected chi connectivity index (χ0v) is 13.5. The summed E-state index contributed by atoms with van der Waals surface area (Å²) in [6, 6.07) is 11.1. The number of aromatic nitrogens is 3. The number of benzene rings is 1. The van der Waals surface area contributed by atoms with Crippen LogP contribution in [0.3, 0.4) is 0 Å². The highest BCUT2D eigenvalue weighted by Gasteiger charge is 2.11. The van der Waals surface area contributed by atoms with Crippen LogP contribution in [0, 0.1) is 13.8 Å². The zero-order chi connectivity index (χ0) is 16.2. The first-order valence-electron chi connectivity index (χ1n) is 7.01. The van der Waals surface area contributed by atoms with Crippen LogP contribution in [0.5, 0.6) is 0 Å². The van der Waals surface area contributed by atoms with Gasteiger partial charge in [0.15, 0.2) is 5.13 Å². The second-order valence-electron chi connectivity index (χ2n) is 4.92. The van der Waals surface area contributed by atoms with Gasteiger partial charge in [-0.2, -0.15) is 0 Å². The van der Waals surface area contributed by atoms with Gasteiger partial charge in [-0.05, 0) is 26.0 Å². The Balaban J connectivity index is 1.71. The summed E-state index contributed by atoms with van der Waals surface area (Å²) in [5, 5.41) is 8.23. The Labute approximate surface area is 137 Å². The highest BCUT2D eigenvalue weighted by atomic mass is 32.1. The SMILES string of the molecule is Cc1cc(Nc2nc(C(=O)Nc3ccccc3)cs2)nc(C)n1. The Bertz CT molecular complexity index is 811. The van der Waals surface area contributed by atoms with Gasteiger partial charge in [-0.15, -0.1) is 11.3 Å². The Kier molecular flexibility index (Phi) is 4.29. The van der Waals surface area contributed by atoms with E-state index in [2.05, 4.69) is 25.6 Å². The molecule has 2 heterocycles. The molecule has 6 nitrogen and oxygen atoms in total. The van der Waals surface area contributed by atoms with Crippen molar-refractivity contribution in [1.29, 1.82) is 0 Å². The van der Waals surface area contributed by atoms with E-state index in [1.807, 2.05) is 50.2 Å². The van der Waals surface area contributed by atoms with E-state index in [0.29, 0.717) is 22.5 Å². The minimum atomic E-state index is -0.240. The molecular weight excluding hydrogens is 310 g/mol. The standard InChI is InChI=1S/C16H15N5OS/c1-10-8-14(18-11(2)17-10)21-16-20-13(9-23-16)15(22)19-12-6-4-3-5-7-12/h3-9H,1-2H3,(H,19,22)(H,17,18,20,21). The first-order chi connectivity index (χ1) is 11.1. The normalized spacial score (nSPS) is 10.3. The maximum atomic E-state index is 12.2. The lowest BCUT2D eigenvalue weighted by Gasteiger charge is -2.04. The Hall–Kier alpha value is -2.80. The average Bonchev–Trinajstić information content (AvgIpc) is 2.96. The maximum Gasteiger partial charge on any atom is 0.275 e. The lowest BCUT2D eigenvalue weighted by atomic mass is 10.3. The molecule has 116 valence electrons. The fraction of sp³-hybridized carbons (Fsp3) is 0.125. The van der Waals surface area contributed by atoms with Crippen molar-refractivity contribution in [3.05, 3.63) is 59.0 Å². The number of thiazole rings is 1. The largest absolute Gasteiger partial charge is 0.321 e. The van der Waals surface area contributed by atoms with E-state index in [-0.39, 0.29) is 5.91 Å². The van der Waals surface area contributed by atoms with Crippen LogP contribution in [-0.2, 0) is 0 Å². The van der Waals surface area contributed by atoms with Crippen molar-refractivity contribution < 1.29 is 4.79 Å². The summed E-state index contributed by atoms with van der Waals surface area (Å²) in [5.41, 5.74) is 1.98. The van der Waals surface area contributed by atoms with E-state index in [1.54, 1.807) is 5.38 Å². The molecule has 0 aliphatic carbocycles. The van der Waals surface area contributed by atoms with Gasteiger partial charge in [0.2, 0.25) is 0 Å². The molecule has 0 saturated carbocycles. The molecule has 3 rings (SSSR count).